The molecule has 0 saturated heterocycles. The van der Waals surface area contributed by atoms with Gasteiger partial charge in [0, 0.05) is 53.9 Å². The minimum absolute atomic E-state index is 0.706. The van der Waals surface area contributed by atoms with E-state index in [4.69, 9.17) is 0 Å². The summed E-state index contributed by atoms with van der Waals surface area (Å²) in [6.07, 6.45) is 0. The molecule has 65 heavy (non-hydrogen) atoms. The minimum Gasteiger partial charge on any atom is -0.310 e. The average Bonchev–Trinajstić information content (AvgIpc) is 3.89. The summed E-state index contributed by atoms with van der Waals surface area (Å²) in [4.78, 5) is 5.04. The number of hydrogen-bond acceptors (Lipinski definition) is 3. The van der Waals surface area contributed by atoms with Crippen LogP contribution >= 0.6 is 11.3 Å². The first-order valence-electron chi connectivity index (χ1n) is 22.5. The second-order valence-electron chi connectivity index (χ2n) is 17.3. The number of nitrogens with zero attached hydrogens (tertiary/aromatic N) is 2. The second-order valence-corrected chi connectivity index (χ2v) is 18.4. The van der Waals surface area contributed by atoms with Crippen molar-refractivity contribution < 1.29 is 0 Å². The molecule has 12 rings (SSSR count). The highest BCUT2D eigenvalue weighted by Gasteiger charge is 2.49. The quantitative estimate of drug-likeness (QED) is 0.150. The molecule has 1 aromatic heterocycles. The molecule has 1 aliphatic carbocycles. The Balaban J connectivity index is 1.31. The fourth-order valence-electron chi connectivity index (χ4n) is 10.8. The lowest BCUT2D eigenvalue weighted by Gasteiger charge is -2.36. The van der Waals surface area contributed by atoms with Crippen LogP contribution in [0.3, 0.4) is 0 Å². The van der Waals surface area contributed by atoms with Gasteiger partial charge in [-0.05, 0) is 119 Å². The smallest absolute Gasteiger partial charge is 0.0715 e. The first kappa shape index (κ1) is 38.9. The topological polar surface area (TPSA) is 6.48 Å². The number of hydrogen-bond donors (Lipinski definition) is 0. The van der Waals surface area contributed by atoms with Crippen molar-refractivity contribution in [1.29, 1.82) is 0 Å². The molecular formula is C62H46N2S. The first-order valence-corrected chi connectivity index (χ1v) is 23.3. The van der Waals surface area contributed by atoms with Crippen molar-refractivity contribution >= 4 is 76.4 Å². The Labute approximate surface area is 384 Å². The normalized spacial score (nSPS) is 12.7. The number of aryl methyl sites for hydroxylation is 3. The summed E-state index contributed by atoms with van der Waals surface area (Å²) < 4.78 is 2.58. The number of rotatable bonds is 8. The predicted octanol–water partition coefficient (Wildman–Crippen LogP) is 17.4. The summed E-state index contributed by atoms with van der Waals surface area (Å²) in [5.41, 5.74) is 17.5. The molecule has 1 aliphatic rings. The summed E-state index contributed by atoms with van der Waals surface area (Å²) in [5, 5.41) is 5.00. The van der Waals surface area contributed by atoms with Crippen molar-refractivity contribution in [2.45, 2.75) is 26.2 Å². The molecular weight excluding hydrogens is 805 g/mol. The zero-order valence-electron chi connectivity index (χ0n) is 36.7. The number of para-hydroxylation sites is 4. The maximum atomic E-state index is 2.57. The summed E-state index contributed by atoms with van der Waals surface area (Å²) in [6, 6.07) is 83.3. The lowest BCUT2D eigenvalue weighted by molar-refractivity contribution is 0.769. The van der Waals surface area contributed by atoms with Gasteiger partial charge in [0.25, 0.3) is 0 Å². The molecule has 0 unspecified atom stereocenters. The highest BCUT2D eigenvalue weighted by molar-refractivity contribution is 7.26. The van der Waals surface area contributed by atoms with E-state index >= 15 is 0 Å². The van der Waals surface area contributed by atoms with Crippen molar-refractivity contribution in [1.82, 2.24) is 0 Å². The Hall–Kier alpha value is -7.72. The first-order chi connectivity index (χ1) is 32.0. The van der Waals surface area contributed by atoms with Gasteiger partial charge in [0.05, 0.1) is 16.8 Å². The summed E-state index contributed by atoms with van der Waals surface area (Å²) in [6.45, 7) is 6.70. The Kier molecular flexibility index (Phi) is 9.29. The van der Waals surface area contributed by atoms with Crippen LogP contribution in [0.25, 0.3) is 42.1 Å². The van der Waals surface area contributed by atoms with Crippen LogP contribution in [-0.4, -0.2) is 0 Å². The molecule has 3 heteroatoms. The molecule has 0 aliphatic heterocycles. The van der Waals surface area contributed by atoms with Crippen molar-refractivity contribution in [2.24, 2.45) is 0 Å². The predicted molar refractivity (Wildman–Crippen MR) is 278 cm³/mol. The van der Waals surface area contributed by atoms with E-state index in [2.05, 4.69) is 255 Å². The van der Waals surface area contributed by atoms with Gasteiger partial charge in [-0.15, -0.1) is 11.3 Å². The third-order valence-corrected chi connectivity index (χ3v) is 14.9. The van der Waals surface area contributed by atoms with E-state index < -0.39 is 5.41 Å². The summed E-state index contributed by atoms with van der Waals surface area (Å²) in [5.74, 6) is 0. The highest BCUT2D eigenvalue weighted by atomic mass is 32.1. The van der Waals surface area contributed by atoms with Crippen molar-refractivity contribution in [2.75, 3.05) is 9.80 Å². The molecule has 0 radical (unpaired) electrons. The van der Waals surface area contributed by atoms with Gasteiger partial charge in [0.2, 0.25) is 0 Å². The molecule has 1 heterocycles. The van der Waals surface area contributed by atoms with Crippen LogP contribution in [-0.2, 0) is 5.41 Å². The average molecular weight is 851 g/mol. The van der Waals surface area contributed by atoms with E-state index in [1.54, 1.807) is 0 Å². The molecule has 0 saturated carbocycles. The zero-order chi connectivity index (χ0) is 43.6. The SMILES string of the molecule is Cc1ccccc1N(c1ccccc1C)c1cc2c(c3ccccc13)-c1c(cc(N(c3ccccc3)c3ccccc3C)c3c1sc1ccccc13)C2(c1ccccc1)c1ccccc1. The standard InChI is InChI=1S/C62H46N2S/c1-41-23-13-19-35-52(41)63(46-30-11-6-12-31-46)56-40-51-60(61-59(56)49-34-18-22-38-57(49)65-61)58-48-33-17-16-32-47(48)55(64(53-36-20-14-24-42(53)2)54-37-21-15-25-43(54)3)39-50(58)62(51,44-26-7-4-8-27-44)45-28-9-5-10-29-45/h4-40H,1-3H3. The van der Waals surface area contributed by atoms with E-state index in [9.17, 15) is 0 Å². The number of benzene rings is 10. The molecule has 2 nitrogen and oxygen atoms in total. The van der Waals surface area contributed by atoms with Crippen LogP contribution in [0.1, 0.15) is 38.9 Å². The maximum Gasteiger partial charge on any atom is 0.0715 e. The van der Waals surface area contributed by atoms with Crippen molar-refractivity contribution in [3.8, 4) is 11.1 Å². The molecule has 0 N–H and O–H groups in total. The van der Waals surface area contributed by atoms with E-state index in [0.29, 0.717) is 0 Å². The largest absolute Gasteiger partial charge is 0.310 e. The zero-order valence-corrected chi connectivity index (χ0v) is 37.5. The van der Waals surface area contributed by atoms with Crippen molar-refractivity contribution in [3.63, 3.8) is 0 Å². The Bertz CT molecular complexity index is 3510. The second kappa shape index (κ2) is 15.5. The summed E-state index contributed by atoms with van der Waals surface area (Å²) in [7, 11) is 0. The van der Waals surface area contributed by atoms with Crippen LogP contribution in [0.4, 0.5) is 34.1 Å². The van der Waals surface area contributed by atoms with Crippen molar-refractivity contribution in [3.05, 3.63) is 263 Å². The van der Waals surface area contributed by atoms with E-state index in [-0.39, 0.29) is 0 Å². The number of fused-ring (bicyclic) bond motifs is 9. The minimum atomic E-state index is -0.706. The molecule has 0 amide bonds. The van der Waals surface area contributed by atoms with Gasteiger partial charge in [0.15, 0.2) is 0 Å². The molecule has 0 atom stereocenters. The monoisotopic (exact) mass is 850 g/mol. The van der Waals surface area contributed by atoms with Crippen LogP contribution < -0.4 is 9.80 Å². The van der Waals surface area contributed by atoms with Gasteiger partial charge >= 0.3 is 0 Å². The van der Waals surface area contributed by atoms with Crippen LogP contribution in [0.15, 0.2) is 224 Å². The molecule has 0 fully saturated rings. The third kappa shape index (κ3) is 5.93. The molecule has 11 aromatic rings. The number of thiophene rings is 1. The third-order valence-electron chi connectivity index (χ3n) is 13.7. The maximum absolute atomic E-state index is 2.57. The lowest BCUT2D eigenvalue weighted by Crippen LogP contribution is -2.29. The van der Waals surface area contributed by atoms with E-state index in [1.165, 1.54) is 98.1 Å². The summed E-state index contributed by atoms with van der Waals surface area (Å²) >= 11 is 1.93. The van der Waals surface area contributed by atoms with Gasteiger partial charge in [0.1, 0.15) is 0 Å². The molecule has 0 bridgehead atoms. The Morgan fingerprint density at radius 3 is 1.35 bits per heavy atom. The van der Waals surface area contributed by atoms with Crippen LogP contribution in [0, 0.1) is 20.8 Å². The Morgan fingerprint density at radius 2 is 0.785 bits per heavy atom. The fraction of sp³-hybridized carbons (Fsp3) is 0.0645. The van der Waals surface area contributed by atoms with Crippen LogP contribution in [0.5, 0.6) is 0 Å². The van der Waals surface area contributed by atoms with E-state index in [1.807, 2.05) is 11.3 Å². The van der Waals surface area contributed by atoms with Gasteiger partial charge in [-0.2, -0.15) is 0 Å². The van der Waals surface area contributed by atoms with Crippen LogP contribution in [0.2, 0.25) is 0 Å². The fourth-order valence-corrected chi connectivity index (χ4v) is 12.1. The van der Waals surface area contributed by atoms with Gasteiger partial charge in [-0.1, -0.05) is 176 Å². The number of anilines is 6. The Morgan fingerprint density at radius 1 is 0.354 bits per heavy atom. The molecule has 10 aromatic carbocycles. The van der Waals surface area contributed by atoms with Gasteiger partial charge < -0.3 is 9.80 Å². The molecule has 0 spiro atoms. The van der Waals surface area contributed by atoms with E-state index in [0.717, 1.165) is 17.1 Å². The lowest BCUT2D eigenvalue weighted by atomic mass is 9.67. The van der Waals surface area contributed by atoms with Gasteiger partial charge in [-0.25, -0.2) is 0 Å². The van der Waals surface area contributed by atoms with Gasteiger partial charge in [-0.3, -0.25) is 0 Å². The highest BCUT2D eigenvalue weighted by Crippen LogP contribution is 2.64. The molecule has 310 valence electrons.